The van der Waals surface area contributed by atoms with Crippen molar-refractivity contribution >= 4 is 11.8 Å². The van der Waals surface area contributed by atoms with Crippen LogP contribution in [-0.2, 0) is 12.8 Å². The molecule has 0 atom stereocenters. The number of nitriles is 1. The fourth-order valence-corrected chi connectivity index (χ4v) is 3.98. The molecular formula is C24H20F4N2OS. The van der Waals surface area contributed by atoms with Gasteiger partial charge in [0.05, 0.1) is 16.8 Å². The van der Waals surface area contributed by atoms with Crippen molar-refractivity contribution in [2.75, 3.05) is 5.75 Å². The van der Waals surface area contributed by atoms with Crippen LogP contribution in [0.1, 0.15) is 36.5 Å². The molecule has 1 aromatic heterocycles. The summed E-state index contributed by atoms with van der Waals surface area (Å²) in [7, 11) is 0. The van der Waals surface area contributed by atoms with Crippen molar-refractivity contribution in [2.24, 2.45) is 0 Å². The van der Waals surface area contributed by atoms with Gasteiger partial charge in [-0.3, -0.25) is 0 Å². The average Bonchev–Trinajstić information content (AvgIpc) is 2.78. The van der Waals surface area contributed by atoms with Crippen molar-refractivity contribution in [1.82, 2.24) is 4.98 Å². The zero-order valence-corrected chi connectivity index (χ0v) is 18.1. The van der Waals surface area contributed by atoms with Crippen molar-refractivity contribution in [3.63, 3.8) is 0 Å². The van der Waals surface area contributed by atoms with Gasteiger partial charge in [0.15, 0.2) is 0 Å². The maximum absolute atomic E-state index is 13.6. The third-order valence-electron chi connectivity index (χ3n) is 4.61. The second-order valence-corrected chi connectivity index (χ2v) is 8.07. The molecule has 3 rings (SSSR count). The molecule has 3 nitrogen and oxygen atoms in total. The summed E-state index contributed by atoms with van der Waals surface area (Å²) in [6.45, 7) is 2.21. The third kappa shape index (κ3) is 6.01. The van der Waals surface area contributed by atoms with E-state index in [0.717, 1.165) is 36.2 Å². The third-order valence-corrected chi connectivity index (χ3v) is 5.67. The lowest BCUT2D eigenvalue weighted by molar-refractivity contribution is -0.138. The molecule has 2 aromatic carbocycles. The number of ether oxygens (including phenoxy) is 1. The van der Waals surface area contributed by atoms with Gasteiger partial charge in [-0.2, -0.15) is 18.4 Å². The maximum Gasteiger partial charge on any atom is 0.417 e. The predicted octanol–water partition coefficient (Wildman–Crippen LogP) is 7.25. The fourth-order valence-electron chi connectivity index (χ4n) is 2.89. The van der Waals surface area contributed by atoms with Crippen molar-refractivity contribution in [3.05, 3.63) is 77.1 Å². The number of alkyl halides is 3. The van der Waals surface area contributed by atoms with Crippen LogP contribution >= 0.6 is 11.8 Å². The lowest BCUT2D eigenvalue weighted by atomic mass is 10.1. The van der Waals surface area contributed by atoms with Crippen LogP contribution in [0, 0.1) is 17.1 Å². The van der Waals surface area contributed by atoms with Gasteiger partial charge in [-0.15, -0.1) is 11.8 Å². The Morgan fingerprint density at radius 1 is 1.06 bits per heavy atom. The molecule has 0 amide bonds. The summed E-state index contributed by atoms with van der Waals surface area (Å²) < 4.78 is 59.5. The summed E-state index contributed by atoms with van der Waals surface area (Å²) in [4.78, 5) is 4.36. The number of nitrogens with zero attached hydrogens (tertiary/aromatic N) is 2. The van der Waals surface area contributed by atoms with Gasteiger partial charge in [-0.1, -0.05) is 25.5 Å². The summed E-state index contributed by atoms with van der Waals surface area (Å²) >= 11 is 1.16. The molecular weight excluding hydrogens is 440 g/mol. The highest BCUT2D eigenvalue weighted by molar-refractivity contribution is 7.99. The number of pyridine rings is 1. The molecule has 32 heavy (non-hydrogen) atoms. The molecule has 0 saturated heterocycles. The minimum atomic E-state index is -4.67. The topological polar surface area (TPSA) is 45.9 Å². The number of unbranched alkanes of at least 4 members (excludes halogenated alkanes) is 1. The molecule has 0 radical (unpaired) electrons. The first kappa shape index (κ1) is 23.6. The van der Waals surface area contributed by atoms with Crippen LogP contribution in [-0.4, -0.2) is 10.7 Å². The Bertz CT molecular complexity index is 1090. The van der Waals surface area contributed by atoms with Gasteiger partial charge in [0.1, 0.15) is 29.3 Å². The summed E-state index contributed by atoms with van der Waals surface area (Å²) in [6, 6.07) is 15.0. The molecule has 0 aliphatic carbocycles. The Labute approximate surface area is 188 Å². The standard InChI is InChI=1S/C24H20F4N2OS/c1-2-3-12-32-23-20(14-29)21(24(26,27)28)13-22(30-23)17-6-10-19(11-7-17)31-15-16-4-8-18(25)9-5-16/h4-11,13H,2-3,12,15H2,1H3. The van der Waals surface area contributed by atoms with Crippen LogP contribution in [0.3, 0.4) is 0 Å². The molecule has 0 fully saturated rings. The van der Waals surface area contributed by atoms with E-state index >= 15 is 0 Å². The van der Waals surface area contributed by atoms with Crippen LogP contribution in [0.15, 0.2) is 59.6 Å². The van der Waals surface area contributed by atoms with Crippen LogP contribution in [0.2, 0.25) is 0 Å². The van der Waals surface area contributed by atoms with Gasteiger partial charge in [0.2, 0.25) is 0 Å². The smallest absolute Gasteiger partial charge is 0.417 e. The van der Waals surface area contributed by atoms with Gasteiger partial charge < -0.3 is 4.74 Å². The summed E-state index contributed by atoms with van der Waals surface area (Å²) in [5.41, 5.74) is -0.0260. The van der Waals surface area contributed by atoms with Crippen molar-refractivity contribution in [2.45, 2.75) is 37.6 Å². The molecule has 0 spiro atoms. The number of benzene rings is 2. The molecule has 8 heteroatoms. The average molecular weight is 460 g/mol. The molecule has 0 bridgehead atoms. The highest BCUT2D eigenvalue weighted by Crippen LogP contribution is 2.38. The molecule has 0 N–H and O–H groups in total. The number of aromatic nitrogens is 1. The molecule has 0 aliphatic heterocycles. The predicted molar refractivity (Wildman–Crippen MR) is 116 cm³/mol. The monoisotopic (exact) mass is 460 g/mol. The zero-order chi connectivity index (χ0) is 23.1. The van der Waals surface area contributed by atoms with Crippen LogP contribution in [0.5, 0.6) is 5.75 Å². The molecule has 3 aromatic rings. The van der Waals surface area contributed by atoms with E-state index in [-0.39, 0.29) is 23.1 Å². The SMILES string of the molecule is CCCCSc1nc(-c2ccc(OCc3ccc(F)cc3)cc2)cc(C(F)(F)F)c1C#N. The Balaban J connectivity index is 1.86. The van der Waals surface area contributed by atoms with E-state index < -0.39 is 17.3 Å². The lowest BCUT2D eigenvalue weighted by Crippen LogP contribution is -2.10. The first-order valence-corrected chi connectivity index (χ1v) is 10.9. The number of thioether (sulfide) groups is 1. The Morgan fingerprint density at radius 3 is 2.34 bits per heavy atom. The molecule has 166 valence electrons. The van der Waals surface area contributed by atoms with E-state index in [0.29, 0.717) is 17.1 Å². The molecule has 0 aliphatic rings. The highest BCUT2D eigenvalue weighted by atomic mass is 32.2. The van der Waals surface area contributed by atoms with Gasteiger partial charge in [-0.05, 0) is 60.2 Å². The number of hydrogen-bond acceptors (Lipinski definition) is 4. The maximum atomic E-state index is 13.6. The second-order valence-electron chi connectivity index (χ2n) is 6.99. The first-order valence-electron chi connectivity index (χ1n) is 9.94. The summed E-state index contributed by atoms with van der Waals surface area (Å²) in [5, 5.41) is 9.43. The van der Waals surface area contributed by atoms with E-state index in [2.05, 4.69) is 4.98 Å². The lowest BCUT2D eigenvalue weighted by Gasteiger charge is -2.14. The van der Waals surface area contributed by atoms with Crippen molar-refractivity contribution < 1.29 is 22.3 Å². The second kappa shape index (κ2) is 10.5. The molecule has 0 unspecified atom stereocenters. The van der Waals surface area contributed by atoms with E-state index in [1.807, 2.05) is 6.92 Å². The van der Waals surface area contributed by atoms with Crippen molar-refractivity contribution in [1.29, 1.82) is 5.26 Å². The first-order chi connectivity index (χ1) is 15.3. The van der Waals surface area contributed by atoms with E-state index in [1.165, 1.54) is 12.1 Å². The van der Waals surface area contributed by atoms with Crippen LogP contribution in [0.25, 0.3) is 11.3 Å². The van der Waals surface area contributed by atoms with Gasteiger partial charge >= 0.3 is 6.18 Å². The summed E-state index contributed by atoms with van der Waals surface area (Å²) in [6.07, 6.45) is -2.97. The highest BCUT2D eigenvalue weighted by Gasteiger charge is 2.36. The number of hydrogen-bond donors (Lipinski definition) is 0. The Kier molecular flexibility index (Phi) is 7.75. The largest absolute Gasteiger partial charge is 0.489 e. The number of rotatable bonds is 8. The Hall–Kier alpha value is -3.05. The van der Waals surface area contributed by atoms with Gasteiger partial charge in [0, 0.05) is 5.56 Å². The minimum Gasteiger partial charge on any atom is -0.489 e. The zero-order valence-electron chi connectivity index (χ0n) is 17.2. The van der Waals surface area contributed by atoms with E-state index in [4.69, 9.17) is 4.74 Å². The van der Waals surface area contributed by atoms with Crippen LogP contribution in [0.4, 0.5) is 17.6 Å². The summed E-state index contributed by atoms with van der Waals surface area (Å²) in [5.74, 6) is 0.758. The van der Waals surface area contributed by atoms with E-state index in [1.54, 1.807) is 42.5 Å². The quantitative estimate of drug-likeness (QED) is 0.202. The van der Waals surface area contributed by atoms with Gasteiger partial charge in [-0.25, -0.2) is 9.37 Å². The van der Waals surface area contributed by atoms with Gasteiger partial charge in [0.25, 0.3) is 0 Å². The molecule has 1 heterocycles. The fraction of sp³-hybridized carbons (Fsp3) is 0.250. The van der Waals surface area contributed by atoms with Crippen LogP contribution < -0.4 is 4.74 Å². The normalized spacial score (nSPS) is 11.2. The number of halogens is 4. The molecule has 0 saturated carbocycles. The van der Waals surface area contributed by atoms with Crippen molar-refractivity contribution in [3.8, 4) is 23.1 Å². The Morgan fingerprint density at radius 2 is 1.75 bits per heavy atom. The minimum absolute atomic E-state index is 0.0856. The van der Waals surface area contributed by atoms with E-state index in [9.17, 15) is 22.8 Å².